The van der Waals surface area contributed by atoms with E-state index in [1.54, 1.807) is 18.2 Å². The van der Waals surface area contributed by atoms with E-state index in [0.717, 1.165) is 27.2 Å². The molecule has 2 bridgehead atoms. The summed E-state index contributed by atoms with van der Waals surface area (Å²) < 4.78 is 5.89. The third-order valence-corrected chi connectivity index (χ3v) is 8.99. The Labute approximate surface area is 232 Å². The van der Waals surface area contributed by atoms with Gasteiger partial charge in [-0.2, -0.15) is 0 Å². The van der Waals surface area contributed by atoms with E-state index in [9.17, 15) is 19.2 Å². The molecule has 3 atom stereocenters. The van der Waals surface area contributed by atoms with Crippen molar-refractivity contribution in [1.29, 1.82) is 0 Å². The molecule has 1 saturated heterocycles. The minimum Gasteiger partial charge on any atom is -0.454 e. The maximum atomic E-state index is 13.7. The van der Waals surface area contributed by atoms with Crippen LogP contribution in [-0.4, -0.2) is 41.2 Å². The van der Waals surface area contributed by atoms with Crippen LogP contribution in [0.3, 0.4) is 0 Å². The second-order valence-corrected chi connectivity index (χ2v) is 11.0. The zero-order valence-corrected chi connectivity index (χ0v) is 22.5. The van der Waals surface area contributed by atoms with E-state index in [1.165, 1.54) is 6.92 Å². The Morgan fingerprint density at radius 3 is 1.89 bits per heavy atom. The molecule has 1 heterocycles. The number of nitrogens with zero attached hydrogens (tertiary/aromatic N) is 1. The van der Waals surface area contributed by atoms with Gasteiger partial charge in [0.15, 0.2) is 6.61 Å². The van der Waals surface area contributed by atoms with Gasteiger partial charge in [0.25, 0.3) is 5.91 Å². The summed E-state index contributed by atoms with van der Waals surface area (Å²) in [4.78, 5) is 53.8. The summed E-state index contributed by atoms with van der Waals surface area (Å²) in [6.07, 6.45) is 0. The highest BCUT2D eigenvalue weighted by atomic mass is 79.9. The van der Waals surface area contributed by atoms with Crippen LogP contribution in [0, 0.1) is 11.8 Å². The lowest BCUT2D eigenvalue weighted by Crippen LogP contribution is -2.45. The molecule has 3 amide bonds. The third-order valence-electron chi connectivity index (χ3n) is 7.76. The minimum atomic E-state index is -1.17. The van der Waals surface area contributed by atoms with Crippen molar-refractivity contribution in [2.24, 2.45) is 11.8 Å². The lowest BCUT2D eigenvalue weighted by Gasteiger charge is -2.45. The first-order valence-electron chi connectivity index (χ1n) is 12.2. The van der Waals surface area contributed by atoms with Gasteiger partial charge in [0.05, 0.1) is 16.9 Å². The highest BCUT2D eigenvalue weighted by Gasteiger charge is 2.62. The van der Waals surface area contributed by atoms with Crippen molar-refractivity contribution in [1.82, 2.24) is 4.90 Å². The van der Waals surface area contributed by atoms with Gasteiger partial charge >= 0.3 is 5.97 Å². The SMILES string of the molecule is C[C@H](C(=O)OCC(=O)Nc1ccc(Br)c(Cl)c1)N1C(=O)[C@H]2C3c4ccccc4C(c4ccccc43)[C@@H]2C1=O. The standard InChI is InChI=1S/C29H22BrClN2O5/c1-14(29(37)38-13-22(34)32-15-10-11-20(30)21(31)12-15)33-27(35)25-23-16-6-2-3-7-17(16)24(26(25)28(33)36)19-9-5-4-8-18(19)23/h2-12,14,23-26H,13H2,1H3,(H,32,34)/t14-,23?,24?,25+,26+/m1/s1. The van der Waals surface area contributed by atoms with Gasteiger partial charge in [0.1, 0.15) is 6.04 Å². The number of hydrogen-bond donors (Lipinski definition) is 1. The average molecular weight is 594 g/mol. The molecule has 0 saturated carbocycles. The lowest BCUT2D eigenvalue weighted by molar-refractivity contribution is -0.159. The highest BCUT2D eigenvalue weighted by Crippen LogP contribution is 2.61. The second-order valence-electron chi connectivity index (χ2n) is 9.77. The topological polar surface area (TPSA) is 92.8 Å². The molecule has 0 aromatic heterocycles. The first-order valence-corrected chi connectivity index (χ1v) is 13.4. The van der Waals surface area contributed by atoms with E-state index in [0.29, 0.717) is 15.2 Å². The van der Waals surface area contributed by atoms with E-state index in [-0.39, 0.29) is 23.7 Å². The molecule has 0 unspecified atom stereocenters. The Morgan fingerprint density at radius 1 is 0.921 bits per heavy atom. The average Bonchev–Trinajstić information content (AvgIpc) is 3.19. The quantitative estimate of drug-likeness (QED) is 0.337. The number of likely N-dealkylation sites (tertiary alicyclic amines) is 1. The molecule has 0 spiro atoms. The summed E-state index contributed by atoms with van der Waals surface area (Å²) in [6, 6.07) is 19.6. The van der Waals surface area contributed by atoms with Gasteiger partial charge in [0, 0.05) is 22.0 Å². The van der Waals surface area contributed by atoms with Gasteiger partial charge in [0.2, 0.25) is 11.8 Å². The normalized spacial score (nSPS) is 23.4. The fourth-order valence-electron chi connectivity index (χ4n) is 6.22. The molecule has 1 fully saturated rings. The van der Waals surface area contributed by atoms with Crippen molar-refractivity contribution in [3.63, 3.8) is 0 Å². The second kappa shape index (κ2) is 9.36. The lowest BCUT2D eigenvalue weighted by atomic mass is 9.55. The van der Waals surface area contributed by atoms with E-state index in [1.807, 2.05) is 48.5 Å². The maximum Gasteiger partial charge on any atom is 0.329 e. The van der Waals surface area contributed by atoms with E-state index in [2.05, 4.69) is 21.2 Å². The molecule has 7 nitrogen and oxygen atoms in total. The van der Waals surface area contributed by atoms with Gasteiger partial charge in [-0.05, 0) is 63.3 Å². The molecule has 3 aliphatic carbocycles. The molecule has 3 aromatic rings. The Hall–Kier alpha value is -3.49. The van der Waals surface area contributed by atoms with Crippen LogP contribution >= 0.6 is 27.5 Å². The van der Waals surface area contributed by atoms with Gasteiger partial charge in [-0.15, -0.1) is 0 Å². The smallest absolute Gasteiger partial charge is 0.329 e. The first-order chi connectivity index (χ1) is 18.3. The van der Waals surface area contributed by atoms with Crippen LogP contribution in [0.2, 0.25) is 5.02 Å². The summed E-state index contributed by atoms with van der Waals surface area (Å²) in [5.74, 6) is -3.83. The third kappa shape index (κ3) is 3.77. The van der Waals surface area contributed by atoms with Gasteiger partial charge < -0.3 is 10.1 Å². The van der Waals surface area contributed by atoms with Crippen LogP contribution < -0.4 is 5.32 Å². The molecule has 1 aliphatic heterocycles. The van der Waals surface area contributed by atoms with Gasteiger partial charge in [-0.3, -0.25) is 19.3 Å². The van der Waals surface area contributed by atoms with Crippen LogP contribution in [0.5, 0.6) is 0 Å². The predicted octanol–water partition coefficient (Wildman–Crippen LogP) is 4.86. The number of ether oxygens (including phenoxy) is 1. The van der Waals surface area contributed by atoms with Crippen molar-refractivity contribution >= 4 is 56.9 Å². The molecule has 4 aliphatic rings. The molecule has 9 heteroatoms. The highest BCUT2D eigenvalue weighted by molar-refractivity contribution is 9.10. The molecule has 3 aromatic carbocycles. The molecule has 192 valence electrons. The fraction of sp³-hybridized carbons (Fsp3) is 0.241. The van der Waals surface area contributed by atoms with Crippen molar-refractivity contribution < 1.29 is 23.9 Å². The summed E-state index contributed by atoms with van der Waals surface area (Å²) in [5.41, 5.74) is 4.66. The molecule has 38 heavy (non-hydrogen) atoms. The summed E-state index contributed by atoms with van der Waals surface area (Å²) in [5, 5.41) is 3.02. The first kappa shape index (κ1) is 24.8. The number of carbonyl (C=O) groups excluding carboxylic acids is 4. The predicted molar refractivity (Wildman–Crippen MR) is 144 cm³/mol. The number of carbonyl (C=O) groups is 4. The Morgan fingerprint density at radius 2 is 1.42 bits per heavy atom. The van der Waals surface area contributed by atoms with Crippen LogP contribution in [-0.2, 0) is 23.9 Å². The van der Waals surface area contributed by atoms with Crippen LogP contribution in [0.4, 0.5) is 5.69 Å². The zero-order valence-electron chi connectivity index (χ0n) is 20.2. The van der Waals surface area contributed by atoms with Gasteiger partial charge in [-0.25, -0.2) is 4.79 Å². The van der Waals surface area contributed by atoms with Crippen molar-refractivity contribution in [3.8, 4) is 0 Å². The minimum absolute atomic E-state index is 0.259. The van der Waals surface area contributed by atoms with Crippen LogP contribution in [0.15, 0.2) is 71.2 Å². The molecule has 0 radical (unpaired) electrons. The number of esters is 1. The number of halogens is 2. The largest absolute Gasteiger partial charge is 0.454 e. The van der Waals surface area contributed by atoms with Crippen LogP contribution in [0.1, 0.15) is 41.0 Å². The van der Waals surface area contributed by atoms with Crippen molar-refractivity contribution in [2.75, 3.05) is 11.9 Å². The monoisotopic (exact) mass is 592 g/mol. The summed E-state index contributed by atoms with van der Waals surface area (Å²) in [6.45, 7) is 0.895. The van der Waals surface area contributed by atoms with E-state index < -0.39 is 36.4 Å². The number of amides is 3. The molecular formula is C29H22BrClN2O5. The van der Waals surface area contributed by atoms with E-state index >= 15 is 0 Å². The molecule has 1 N–H and O–H groups in total. The Bertz CT molecular complexity index is 1410. The molecule has 7 rings (SSSR count). The van der Waals surface area contributed by atoms with Gasteiger partial charge in [-0.1, -0.05) is 60.1 Å². The Kier molecular flexibility index (Phi) is 6.12. The van der Waals surface area contributed by atoms with Crippen molar-refractivity contribution in [3.05, 3.63) is 98.5 Å². The summed E-state index contributed by atoms with van der Waals surface area (Å²) in [7, 11) is 0. The fourth-order valence-corrected chi connectivity index (χ4v) is 6.64. The number of benzene rings is 3. The number of hydrogen-bond acceptors (Lipinski definition) is 5. The maximum absolute atomic E-state index is 13.7. The Balaban J connectivity index is 1.20. The van der Waals surface area contributed by atoms with Crippen molar-refractivity contribution in [2.45, 2.75) is 24.8 Å². The van der Waals surface area contributed by atoms with E-state index in [4.69, 9.17) is 16.3 Å². The molecular weight excluding hydrogens is 572 g/mol. The zero-order chi connectivity index (χ0) is 26.7. The number of anilines is 1. The van der Waals surface area contributed by atoms with Crippen LogP contribution in [0.25, 0.3) is 0 Å². The number of rotatable bonds is 5. The summed E-state index contributed by atoms with van der Waals surface area (Å²) >= 11 is 9.33. The number of imide groups is 1. The number of nitrogens with one attached hydrogen (secondary N) is 1.